The Bertz CT molecular complexity index is 1140. The normalized spacial score (nSPS) is 16.2. The SMILES string of the molecule is NC1=N[C@@H](c2csc(-c3ccc(F)cc3)n2)n2c(nc3ccccc32)N1. The summed E-state index contributed by atoms with van der Waals surface area (Å²) in [7, 11) is 0. The summed E-state index contributed by atoms with van der Waals surface area (Å²) in [6.45, 7) is 0. The zero-order valence-corrected chi connectivity index (χ0v) is 14.2. The van der Waals surface area contributed by atoms with E-state index in [1.165, 1.54) is 23.5 Å². The van der Waals surface area contributed by atoms with Gasteiger partial charge in [-0.25, -0.2) is 19.4 Å². The largest absolute Gasteiger partial charge is 0.370 e. The molecular weight excluding hydrogens is 351 g/mol. The van der Waals surface area contributed by atoms with Crippen molar-refractivity contribution in [3.8, 4) is 10.6 Å². The number of imidazole rings is 1. The Morgan fingerprint density at radius 1 is 1.08 bits per heavy atom. The van der Waals surface area contributed by atoms with Crippen molar-refractivity contribution in [2.24, 2.45) is 10.7 Å². The molecule has 0 bridgehead atoms. The van der Waals surface area contributed by atoms with Crippen LogP contribution in [0.4, 0.5) is 10.3 Å². The van der Waals surface area contributed by atoms with Gasteiger partial charge >= 0.3 is 0 Å². The minimum absolute atomic E-state index is 0.268. The number of aliphatic imine (C=N–C) groups is 1. The molecule has 3 N–H and O–H groups in total. The second kappa shape index (κ2) is 5.63. The summed E-state index contributed by atoms with van der Waals surface area (Å²) in [4.78, 5) is 13.8. The summed E-state index contributed by atoms with van der Waals surface area (Å²) in [5.74, 6) is 0.671. The van der Waals surface area contributed by atoms with E-state index in [1.54, 1.807) is 12.1 Å². The Labute approximate surface area is 151 Å². The third-order valence-corrected chi connectivity index (χ3v) is 5.13. The number of hydrogen-bond donors (Lipinski definition) is 2. The van der Waals surface area contributed by atoms with Crippen molar-refractivity contribution in [1.82, 2.24) is 14.5 Å². The van der Waals surface area contributed by atoms with Crippen molar-refractivity contribution < 1.29 is 4.39 Å². The molecule has 0 saturated carbocycles. The van der Waals surface area contributed by atoms with Gasteiger partial charge < -0.3 is 5.73 Å². The fourth-order valence-electron chi connectivity index (χ4n) is 3.04. The second-order valence-electron chi connectivity index (χ2n) is 5.89. The van der Waals surface area contributed by atoms with Gasteiger partial charge in [-0.3, -0.25) is 9.88 Å². The number of hydrogen-bond acceptors (Lipinski definition) is 6. The molecule has 1 aliphatic rings. The van der Waals surface area contributed by atoms with E-state index in [0.717, 1.165) is 27.3 Å². The van der Waals surface area contributed by atoms with E-state index in [1.807, 2.05) is 34.2 Å². The van der Waals surface area contributed by atoms with E-state index < -0.39 is 6.17 Å². The predicted molar refractivity (Wildman–Crippen MR) is 101 cm³/mol. The van der Waals surface area contributed by atoms with Crippen LogP contribution >= 0.6 is 11.3 Å². The first-order valence-electron chi connectivity index (χ1n) is 7.98. The van der Waals surface area contributed by atoms with Gasteiger partial charge in [0, 0.05) is 10.9 Å². The minimum atomic E-state index is -0.399. The van der Waals surface area contributed by atoms with Gasteiger partial charge in [0.25, 0.3) is 0 Å². The lowest BCUT2D eigenvalue weighted by Crippen LogP contribution is -2.31. The average Bonchev–Trinajstić information content (AvgIpc) is 3.26. The van der Waals surface area contributed by atoms with Crippen LogP contribution in [0, 0.1) is 5.82 Å². The fourth-order valence-corrected chi connectivity index (χ4v) is 3.88. The lowest BCUT2D eigenvalue weighted by Gasteiger charge is -2.22. The summed E-state index contributed by atoms with van der Waals surface area (Å²) in [6.07, 6.45) is -0.399. The summed E-state index contributed by atoms with van der Waals surface area (Å²) in [5, 5.41) is 5.76. The van der Waals surface area contributed by atoms with Crippen LogP contribution in [0.2, 0.25) is 0 Å². The molecule has 3 heterocycles. The van der Waals surface area contributed by atoms with Crippen LogP contribution in [0.3, 0.4) is 0 Å². The van der Waals surface area contributed by atoms with E-state index in [2.05, 4.69) is 15.3 Å². The Hall–Kier alpha value is -3.26. The molecule has 0 saturated heterocycles. The maximum atomic E-state index is 13.2. The molecule has 6 nitrogen and oxygen atoms in total. The zero-order valence-electron chi connectivity index (χ0n) is 13.4. The van der Waals surface area contributed by atoms with Crippen molar-refractivity contribution in [2.75, 3.05) is 5.32 Å². The highest BCUT2D eigenvalue weighted by Gasteiger charge is 2.26. The first kappa shape index (κ1) is 15.0. The number of nitrogens with zero attached hydrogens (tertiary/aromatic N) is 4. The highest BCUT2D eigenvalue weighted by Crippen LogP contribution is 2.34. The number of fused-ring (bicyclic) bond motifs is 3. The number of anilines is 1. The third kappa shape index (κ3) is 2.34. The molecule has 1 aliphatic heterocycles. The Morgan fingerprint density at radius 3 is 2.73 bits per heavy atom. The smallest absolute Gasteiger partial charge is 0.212 e. The van der Waals surface area contributed by atoms with Crippen LogP contribution in [-0.2, 0) is 0 Å². The zero-order chi connectivity index (χ0) is 17.7. The molecule has 0 unspecified atom stereocenters. The number of halogens is 1. The summed E-state index contributed by atoms with van der Waals surface area (Å²) < 4.78 is 15.1. The highest BCUT2D eigenvalue weighted by atomic mass is 32.1. The van der Waals surface area contributed by atoms with Crippen LogP contribution < -0.4 is 11.1 Å². The Morgan fingerprint density at radius 2 is 1.88 bits per heavy atom. The maximum absolute atomic E-state index is 13.2. The topological polar surface area (TPSA) is 81.1 Å². The Kier molecular flexibility index (Phi) is 3.26. The number of para-hydroxylation sites is 2. The maximum Gasteiger partial charge on any atom is 0.212 e. The standard InChI is InChI=1S/C18H13FN6S/c19-11-7-5-10(6-8-11)16-21-13(9-26-16)15-23-17(20)24-18-22-12-3-1-2-4-14(12)25(15)18/h1-9,15H,(H3,20,22,23,24)/t15-/m1/s1. The number of thiazole rings is 1. The minimum Gasteiger partial charge on any atom is -0.370 e. The van der Waals surface area contributed by atoms with Crippen LogP contribution in [-0.4, -0.2) is 20.5 Å². The van der Waals surface area contributed by atoms with Gasteiger partial charge in [0.05, 0.1) is 16.7 Å². The number of guanidine groups is 1. The number of aromatic nitrogens is 3. The molecule has 26 heavy (non-hydrogen) atoms. The van der Waals surface area contributed by atoms with Gasteiger partial charge in [0.1, 0.15) is 10.8 Å². The van der Waals surface area contributed by atoms with E-state index >= 15 is 0 Å². The number of nitrogens with one attached hydrogen (secondary N) is 1. The number of rotatable bonds is 2. The molecule has 4 aromatic rings. The Balaban J connectivity index is 1.62. The lowest BCUT2D eigenvalue weighted by molar-refractivity contribution is 0.612. The molecular formula is C18H13FN6S. The molecule has 1 atom stereocenters. The van der Waals surface area contributed by atoms with Crippen LogP contribution in [0.25, 0.3) is 21.6 Å². The van der Waals surface area contributed by atoms with Crippen molar-refractivity contribution in [3.05, 3.63) is 65.4 Å². The van der Waals surface area contributed by atoms with Crippen LogP contribution in [0.15, 0.2) is 58.9 Å². The second-order valence-corrected chi connectivity index (χ2v) is 6.75. The molecule has 8 heteroatoms. The molecule has 0 radical (unpaired) electrons. The number of nitrogens with two attached hydrogens (primary N) is 1. The molecule has 0 aliphatic carbocycles. The van der Waals surface area contributed by atoms with Crippen molar-refractivity contribution in [3.63, 3.8) is 0 Å². The van der Waals surface area contributed by atoms with Gasteiger partial charge in [-0.15, -0.1) is 11.3 Å². The van der Waals surface area contributed by atoms with Crippen molar-refractivity contribution in [1.29, 1.82) is 0 Å². The van der Waals surface area contributed by atoms with Crippen molar-refractivity contribution >= 4 is 34.3 Å². The van der Waals surface area contributed by atoms with Gasteiger partial charge in [0.15, 0.2) is 12.1 Å². The fraction of sp³-hybridized carbons (Fsp3) is 0.0556. The molecule has 2 aromatic carbocycles. The lowest BCUT2D eigenvalue weighted by atomic mass is 10.2. The molecule has 2 aromatic heterocycles. The summed E-state index contributed by atoms with van der Waals surface area (Å²) in [5.41, 5.74) is 9.40. The predicted octanol–water partition coefficient (Wildman–Crippen LogP) is 3.59. The summed E-state index contributed by atoms with van der Waals surface area (Å²) >= 11 is 1.49. The van der Waals surface area contributed by atoms with Crippen LogP contribution in [0.5, 0.6) is 0 Å². The van der Waals surface area contributed by atoms with E-state index in [-0.39, 0.29) is 5.82 Å². The van der Waals surface area contributed by atoms with Gasteiger partial charge in [0.2, 0.25) is 5.95 Å². The van der Waals surface area contributed by atoms with E-state index in [0.29, 0.717) is 11.9 Å². The third-order valence-electron chi connectivity index (χ3n) is 4.22. The van der Waals surface area contributed by atoms with E-state index in [4.69, 9.17) is 10.7 Å². The van der Waals surface area contributed by atoms with Gasteiger partial charge in [-0.05, 0) is 36.4 Å². The molecule has 5 rings (SSSR count). The quantitative estimate of drug-likeness (QED) is 0.570. The molecule has 0 fully saturated rings. The van der Waals surface area contributed by atoms with E-state index in [9.17, 15) is 4.39 Å². The van der Waals surface area contributed by atoms with Crippen molar-refractivity contribution in [2.45, 2.75) is 6.17 Å². The summed E-state index contributed by atoms with van der Waals surface area (Å²) in [6, 6.07) is 14.1. The monoisotopic (exact) mass is 364 g/mol. The number of benzene rings is 2. The van der Waals surface area contributed by atoms with Gasteiger partial charge in [-0.2, -0.15) is 0 Å². The average molecular weight is 364 g/mol. The molecule has 0 amide bonds. The van der Waals surface area contributed by atoms with Crippen LogP contribution in [0.1, 0.15) is 11.9 Å². The first-order valence-corrected chi connectivity index (χ1v) is 8.85. The first-order chi connectivity index (χ1) is 12.7. The molecule has 128 valence electrons. The highest BCUT2D eigenvalue weighted by molar-refractivity contribution is 7.13. The molecule has 0 spiro atoms. The van der Waals surface area contributed by atoms with Gasteiger partial charge in [-0.1, -0.05) is 12.1 Å².